The average Bonchev–Trinajstić information content (AvgIpc) is 2.28. The van der Waals surface area contributed by atoms with E-state index in [2.05, 4.69) is 0 Å². The van der Waals surface area contributed by atoms with Crippen molar-refractivity contribution in [2.75, 3.05) is 20.8 Å². The second-order valence-electron chi connectivity index (χ2n) is 3.28. The van der Waals surface area contributed by atoms with Crippen LogP contribution in [0.15, 0.2) is 18.2 Å². The Morgan fingerprint density at radius 2 is 1.93 bits per heavy atom. The Labute approximate surface area is 89.6 Å². The molecule has 1 rings (SSSR count). The van der Waals surface area contributed by atoms with E-state index in [1.54, 1.807) is 14.2 Å². The number of methoxy groups -OCH3 is 2. The summed E-state index contributed by atoms with van der Waals surface area (Å²) in [6.07, 6.45) is 0.0136. The number of hydrogen-bond donors (Lipinski definition) is 2. The molecule has 15 heavy (non-hydrogen) atoms. The second kappa shape index (κ2) is 5.58. The Hall–Kier alpha value is -1.26. The molecule has 0 fully saturated rings. The van der Waals surface area contributed by atoms with Gasteiger partial charge in [0.25, 0.3) is 0 Å². The fourth-order valence-electron chi connectivity index (χ4n) is 1.36. The van der Waals surface area contributed by atoms with Crippen LogP contribution in [-0.4, -0.2) is 32.0 Å². The molecule has 0 aliphatic carbocycles. The minimum atomic E-state index is -0.511. The van der Waals surface area contributed by atoms with E-state index in [1.807, 2.05) is 18.2 Å². The summed E-state index contributed by atoms with van der Waals surface area (Å²) in [6, 6.07) is 5.55. The van der Waals surface area contributed by atoms with Crippen LogP contribution in [-0.2, 0) is 6.42 Å². The van der Waals surface area contributed by atoms with Gasteiger partial charge in [-0.15, -0.1) is 0 Å². The van der Waals surface area contributed by atoms with Gasteiger partial charge in [0.15, 0.2) is 11.5 Å². The zero-order valence-corrected chi connectivity index (χ0v) is 9.06. The monoisotopic (exact) mass is 211 g/mol. The van der Waals surface area contributed by atoms with Crippen LogP contribution in [0.3, 0.4) is 0 Å². The lowest BCUT2D eigenvalue weighted by Crippen LogP contribution is -2.21. The Morgan fingerprint density at radius 3 is 2.47 bits per heavy atom. The maximum Gasteiger partial charge on any atom is 0.160 e. The van der Waals surface area contributed by atoms with Crippen molar-refractivity contribution < 1.29 is 14.6 Å². The third kappa shape index (κ3) is 3.11. The molecule has 4 heteroatoms. The Balaban J connectivity index is 2.83. The molecular weight excluding hydrogens is 194 g/mol. The number of hydrogen-bond acceptors (Lipinski definition) is 4. The minimum Gasteiger partial charge on any atom is -0.493 e. The lowest BCUT2D eigenvalue weighted by molar-refractivity contribution is 0.183. The van der Waals surface area contributed by atoms with Crippen LogP contribution in [0.1, 0.15) is 5.56 Å². The zero-order valence-electron chi connectivity index (χ0n) is 9.06. The first-order chi connectivity index (χ1) is 7.21. The summed E-state index contributed by atoms with van der Waals surface area (Å²) < 4.78 is 10.3. The van der Waals surface area contributed by atoms with E-state index < -0.39 is 6.10 Å². The van der Waals surface area contributed by atoms with E-state index in [0.29, 0.717) is 17.9 Å². The molecule has 0 aliphatic rings. The quantitative estimate of drug-likeness (QED) is 0.747. The summed E-state index contributed by atoms with van der Waals surface area (Å²) in [5, 5.41) is 9.40. The highest BCUT2D eigenvalue weighted by atomic mass is 16.5. The first-order valence-corrected chi connectivity index (χ1v) is 4.80. The fraction of sp³-hybridized carbons (Fsp3) is 0.455. The fourth-order valence-corrected chi connectivity index (χ4v) is 1.36. The van der Waals surface area contributed by atoms with Gasteiger partial charge in [-0.3, -0.25) is 0 Å². The molecule has 1 aromatic carbocycles. The van der Waals surface area contributed by atoms with Gasteiger partial charge in [0.05, 0.1) is 20.3 Å². The van der Waals surface area contributed by atoms with Gasteiger partial charge < -0.3 is 20.3 Å². The molecule has 1 aromatic rings. The van der Waals surface area contributed by atoms with Crippen LogP contribution in [0.5, 0.6) is 11.5 Å². The van der Waals surface area contributed by atoms with Crippen molar-refractivity contribution in [2.24, 2.45) is 5.73 Å². The van der Waals surface area contributed by atoms with Crippen molar-refractivity contribution in [3.05, 3.63) is 23.8 Å². The number of rotatable bonds is 5. The largest absolute Gasteiger partial charge is 0.493 e. The van der Waals surface area contributed by atoms with Gasteiger partial charge in [0.2, 0.25) is 0 Å². The third-order valence-electron chi connectivity index (χ3n) is 2.19. The van der Waals surface area contributed by atoms with Crippen molar-refractivity contribution in [1.82, 2.24) is 0 Å². The van der Waals surface area contributed by atoms with Gasteiger partial charge in [-0.25, -0.2) is 0 Å². The molecule has 0 aromatic heterocycles. The highest BCUT2D eigenvalue weighted by molar-refractivity contribution is 5.43. The zero-order chi connectivity index (χ0) is 11.3. The Kier molecular flexibility index (Phi) is 4.39. The van der Waals surface area contributed by atoms with Crippen LogP contribution in [0.4, 0.5) is 0 Å². The topological polar surface area (TPSA) is 64.7 Å². The van der Waals surface area contributed by atoms with E-state index >= 15 is 0 Å². The molecule has 0 amide bonds. The molecule has 0 saturated carbocycles. The van der Waals surface area contributed by atoms with Crippen LogP contribution < -0.4 is 15.2 Å². The van der Waals surface area contributed by atoms with Crippen LogP contribution in [0.2, 0.25) is 0 Å². The summed E-state index contributed by atoms with van der Waals surface area (Å²) >= 11 is 0. The predicted octanol–water partition coefficient (Wildman–Crippen LogP) is 0.566. The highest BCUT2D eigenvalue weighted by Gasteiger charge is 2.07. The standard InChI is InChI=1S/C11H17NO3/c1-14-10-4-3-8(5-9(13)7-12)6-11(10)15-2/h3-4,6,9,13H,5,7,12H2,1-2H3. The molecule has 4 nitrogen and oxygen atoms in total. The summed E-state index contributed by atoms with van der Waals surface area (Å²) in [6.45, 7) is 0.258. The first-order valence-electron chi connectivity index (χ1n) is 4.80. The molecule has 84 valence electrons. The molecule has 0 spiro atoms. The smallest absolute Gasteiger partial charge is 0.160 e. The molecule has 0 bridgehead atoms. The van der Waals surface area contributed by atoms with Crippen molar-refractivity contribution >= 4 is 0 Å². The Bertz CT molecular complexity index is 315. The molecular formula is C11H17NO3. The minimum absolute atomic E-state index is 0.258. The average molecular weight is 211 g/mol. The van der Waals surface area contributed by atoms with E-state index in [-0.39, 0.29) is 6.54 Å². The summed E-state index contributed by atoms with van der Waals surface area (Å²) in [7, 11) is 3.17. The number of nitrogens with two attached hydrogens (primary N) is 1. The maximum absolute atomic E-state index is 9.40. The SMILES string of the molecule is COc1ccc(CC(O)CN)cc1OC. The molecule has 1 atom stereocenters. The maximum atomic E-state index is 9.40. The number of aliphatic hydroxyl groups is 1. The van der Waals surface area contributed by atoms with Gasteiger partial charge in [-0.05, 0) is 24.1 Å². The lowest BCUT2D eigenvalue weighted by atomic mass is 10.1. The van der Waals surface area contributed by atoms with Crippen LogP contribution in [0.25, 0.3) is 0 Å². The third-order valence-corrected chi connectivity index (χ3v) is 2.19. The second-order valence-corrected chi connectivity index (χ2v) is 3.28. The highest BCUT2D eigenvalue weighted by Crippen LogP contribution is 2.27. The number of benzene rings is 1. The predicted molar refractivity (Wildman–Crippen MR) is 58.3 cm³/mol. The first kappa shape index (κ1) is 11.8. The number of ether oxygens (including phenoxy) is 2. The molecule has 0 heterocycles. The van der Waals surface area contributed by atoms with Gasteiger partial charge in [0.1, 0.15) is 0 Å². The van der Waals surface area contributed by atoms with Gasteiger partial charge in [0, 0.05) is 6.54 Å². The number of aliphatic hydroxyl groups excluding tert-OH is 1. The van der Waals surface area contributed by atoms with Gasteiger partial charge in [-0.2, -0.15) is 0 Å². The summed E-state index contributed by atoms with van der Waals surface area (Å²) in [5.74, 6) is 1.35. The van der Waals surface area contributed by atoms with Crippen molar-refractivity contribution in [3.63, 3.8) is 0 Å². The molecule has 1 unspecified atom stereocenters. The van der Waals surface area contributed by atoms with Crippen molar-refractivity contribution in [3.8, 4) is 11.5 Å². The lowest BCUT2D eigenvalue weighted by Gasteiger charge is -2.11. The molecule has 0 saturated heterocycles. The Morgan fingerprint density at radius 1 is 1.27 bits per heavy atom. The van der Waals surface area contributed by atoms with Crippen molar-refractivity contribution in [2.45, 2.75) is 12.5 Å². The summed E-state index contributed by atoms with van der Waals surface area (Å²) in [5.41, 5.74) is 6.32. The van der Waals surface area contributed by atoms with E-state index in [1.165, 1.54) is 0 Å². The summed E-state index contributed by atoms with van der Waals surface area (Å²) in [4.78, 5) is 0. The van der Waals surface area contributed by atoms with Crippen molar-refractivity contribution in [1.29, 1.82) is 0 Å². The molecule has 0 aliphatic heterocycles. The molecule has 3 N–H and O–H groups in total. The van der Waals surface area contributed by atoms with E-state index in [0.717, 1.165) is 5.56 Å². The molecule has 0 radical (unpaired) electrons. The van der Waals surface area contributed by atoms with Gasteiger partial charge >= 0.3 is 0 Å². The van der Waals surface area contributed by atoms with E-state index in [9.17, 15) is 5.11 Å². The van der Waals surface area contributed by atoms with Crippen LogP contribution >= 0.6 is 0 Å². The van der Waals surface area contributed by atoms with E-state index in [4.69, 9.17) is 15.2 Å². The normalized spacial score (nSPS) is 12.3. The van der Waals surface area contributed by atoms with Gasteiger partial charge in [-0.1, -0.05) is 6.07 Å². The van der Waals surface area contributed by atoms with Crippen LogP contribution in [0, 0.1) is 0 Å².